The number of ether oxygens (including phenoxy) is 3. The minimum atomic E-state index is -2.33. The van der Waals surface area contributed by atoms with Crippen molar-refractivity contribution in [2.75, 3.05) is 32.8 Å². The topological polar surface area (TPSA) is 80.3 Å². The van der Waals surface area contributed by atoms with Gasteiger partial charge in [0.2, 0.25) is 5.82 Å². The predicted molar refractivity (Wildman–Crippen MR) is 165 cm³/mol. The van der Waals surface area contributed by atoms with Crippen LogP contribution >= 0.6 is 0 Å². The second-order valence-corrected chi connectivity index (χ2v) is 11.7. The van der Waals surface area contributed by atoms with Gasteiger partial charge in [-0.05, 0) is 27.8 Å². The molecular weight excluding hydrogens is 635 g/mol. The molecular formula is C36H33F5N2O5. The van der Waals surface area contributed by atoms with Crippen LogP contribution in [0.4, 0.5) is 22.0 Å². The number of carbonyl (C=O) groups is 1. The van der Waals surface area contributed by atoms with Gasteiger partial charge in [-0.25, -0.2) is 22.0 Å². The molecule has 0 saturated carbocycles. The van der Waals surface area contributed by atoms with Gasteiger partial charge in [0.15, 0.2) is 29.6 Å². The van der Waals surface area contributed by atoms with E-state index in [0.29, 0.717) is 30.8 Å². The molecule has 4 aromatic rings. The molecule has 6 rings (SSSR count). The van der Waals surface area contributed by atoms with E-state index in [1.54, 1.807) is 24.3 Å². The number of benzene rings is 4. The van der Waals surface area contributed by atoms with E-state index in [-0.39, 0.29) is 25.4 Å². The van der Waals surface area contributed by atoms with Crippen LogP contribution < -0.4 is 5.32 Å². The lowest BCUT2D eigenvalue weighted by Crippen LogP contribution is -2.44. The summed E-state index contributed by atoms with van der Waals surface area (Å²) in [5.41, 5.74) is 2.99. The maximum Gasteiger partial charge on any atom is 0.257 e. The van der Waals surface area contributed by atoms with Crippen LogP contribution in [0.15, 0.2) is 72.8 Å². The smallest absolute Gasteiger partial charge is 0.257 e. The molecule has 48 heavy (non-hydrogen) atoms. The summed E-state index contributed by atoms with van der Waals surface area (Å²) in [5.74, 6) is -12.5. The van der Waals surface area contributed by atoms with E-state index in [2.05, 4.69) is 10.2 Å². The lowest BCUT2D eigenvalue weighted by atomic mass is 9.97. The van der Waals surface area contributed by atoms with Crippen molar-refractivity contribution in [1.82, 2.24) is 10.2 Å². The highest BCUT2D eigenvalue weighted by atomic mass is 19.2. The minimum Gasteiger partial charge on any atom is -0.392 e. The zero-order chi connectivity index (χ0) is 33.8. The van der Waals surface area contributed by atoms with Gasteiger partial charge >= 0.3 is 0 Å². The van der Waals surface area contributed by atoms with E-state index in [0.717, 1.165) is 41.9 Å². The number of aliphatic hydroxyl groups is 1. The van der Waals surface area contributed by atoms with E-state index in [1.165, 1.54) is 0 Å². The van der Waals surface area contributed by atoms with Crippen molar-refractivity contribution in [3.63, 3.8) is 0 Å². The molecule has 2 saturated heterocycles. The standard InChI is InChI=1S/C36H33F5N2O5/c37-30-29(31(38)33(40)34(41)32(30)39)35(45)42-18-25-3-1-2-4-27(25)22-9-11-24(12-10-22)36-47-26(19-43-13-15-46-16-14-43)17-28(48-36)23-7-5-21(20-44)6-8-23/h1-12,26,28,36,44H,13-20H2,(H,42,45)/t26-,28+,36+/m1/s1. The number of hydrogen-bond donors (Lipinski definition) is 2. The van der Waals surface area contributed by atoms with Gasteiger partial charge in [0.25, 0.3) is 5.91 Å². The van der Waals surface area contributed by atoms with Gasteiger partial charge in [0.05, 0.1) is 32.0 Å². The SMILES string of the molecule is O=C(NCc1ccccc1-c1ccc([C@H]2O[C@@H](CN3CCOCC3)C[C@@H](c3ccc(CO)cc3)O2)cc1)c1c(F)c(F)c(F)c(F)c1F. The number of carbonyl (C=O) groups excluding carboxylic acids is 1. The molecule has 1 amide bonds. The van der Waals surface area contributed by atoms with Crippen molar-refractivity contribution in [3.05, 3.63) is 130 Å². The summed E-state index contributed by atoms with van der Waals surface area (Å²) in [5, 5.41) is 11.7. The number of rotatable bonds is 9. The molecule has 2 heterocycles. The summed E-state index contributed by atoms with van der Waals surface area (Å²) in [6, 6.07) is 22.0. The van der Waals surface area contributed by atoms with E-state index in [4.69, 9.17) is 14.2 Å². The van der Waals surface area contributed by atoms with Crippen LogP contribution in [0.2, 0.25) is 0 Å². The highest BCUT2D eigenvalue weighted by Gasteiger charge is 2.34. The van der Waals surface area contributed by atoms with E-state index >= 15 is 0 Å². The molecule has 0 aliphatic carbocycles. The van der Waals surface area contributed by atoms with Gasteiger partial charge in [-0.2, -0.15) is 0 Å². The first-order valence-electron chi connectivity index (χ1n) is 15.5. The van der Waals surface area contributed by atoms with E-state index in [9.17, 15) is 31.9 Å². The van der Waals surface area contributed by atoms with Crippen LogP contribution in [0.5, 0.6) is 0 Å². The fourth-order valence-electron chi connectivity index (χ4n) is 5.95. The minimum absolute atomic E-state index is 0.0512. The van der Waals surface area contributed by atoms with Crippen molar-refractivity contribution in [2.45, 2.75) is 38.1 Å². The van der Waals surface area contributed by atoms with Crippen LogP contribution in [0.3, 0.4) is 0 Å². The van der Waals surface area contributed by atoms with Crippen LogP contribution in [-0.2, 0) is 27.4 Å². The summed E-state index contributed by atoms with van der Waals surface area (Å²) in [7, 11) is 0. The molecule has 2 aliphatic rings. The number of hydrogen-bond acceptors (Lipinski definition) is 6. The van der Waals surface area contributed by atoms with Crippen molar-refractivity contribution < 1.29 is 46.1 Å². The van der Waals surface area contributed by atoms with E-state index < -0.39 is 46.8 Å². The first kappa shape index (κ1) is 33.7. The Balaban J connectivity index is 1.19. The average molecular weight is 669 g/mol. The Morgan fingerprint density at radius 1 is 0.792 bits per heavy atom. The molecule has 2 N–H and O–H groups in total. The maximum absolute atomic E-state index is 14.2. The Hall–Kier alpha value is -4.20. The average Bonchev–Trinajstić information content (AvgIpc) is 3.13. The number of nitrogens with one attached hydrogen (secondary N) is 1. The molecule has 0 radical (unpaired) electrons. The zero-order valence-corrected chi connectivity index (χ0v) is 25.7. The lowest BCUT2D eigenvalue weighted by molar-refractivity contribution is -0.253. The highest BCUT2D eigenvalue weighted by molar-refractivity contribution is 5.95. The van der Waals surface area contributed by atoms with Gasteiger partial charge in [-0.3, -0.25) is 9.69 Å². The second-order valence-electron chi connectivity index (χ2n) is 11.7. The molecule has 4 aromatic carbocycles. The van der Waals surface area contributed by atoms with E-state index in [1.807, 2.05) is 48.5 Å². The van der Waals surface area contributed by atoms with Gasteiger partial charge < -0.3 is 24.6 Å². The molecule has 2 fully saturated rings. The van der Waals surface area contributed by atoms with Crippen molar-refractivity contribution >= 4 is 5.91 Å². The quantitative estimate of drug-likeness (QED) is 0.123. The number of morpholine rings is 1. The second kappa shape index (κ2) is 14.9. The third kappa shape index (κ3) is 7.27. The van der Waals surface area contributed by atoms with Gasteiger partial charge in [-0.1, -0.05) is 72.8 Å². The molecule has 7 nitrogen and oxygen atoms in total. The zero-order valence-electron chi connectivity index (χ0n) is 25.7. The Bertz CT molecular complexity index is 1720. The number of aliphatic hydroxyl groups excluding tert-OH is 1. The lowest BCUT2D eigenvalue weighted by Gasteiger charge is -2.39. The van der Waals surface area contributed by atoms with Crippen LogP contribution in [0, 0.1) is 29.1 Å². The molecule has 0 unspecified atom stereocenters. The summed E-state index contributed by atoms with van der Waals surface area (Å²) >= 11 is 0. The maximum atomic E-state index is 14.2. The molecule has 0 spiro atoms. The van der Waals surface area contributed by atoms with Gasteiger partial charge in [-0.15, -0.1) is 0 Å². The molecule has 252 valence electrons. The summed E-state index contributed by atoms with van der Waals surface area (Å²) < 4.78 is 87.6. The summed E-state index contributed by atoms with van der Waals surface area (Å²) in [6.07, 6.45) is -0.387. The van der Waals surface area contributed by atoms with Crippen molar-refractivity contribution in [1.29, 1.82) is 0 Å². The Morgan fingerprint density at radius 3 is 2.08 bits per heavy atom. The van der Waals surface area contributed by atoms with Crippen molar-refractivity contribution in [2.24, 2.45) is 0 Å². The number of halogens is 5. The van der Waals surface area contributed by atoms with Crippen LogP contribution in [0.1, 0.15) is 51.4 Å². The Kier molecular flexibility index (Phi) is 10.5. The molecule has 0 bridgehead atoms. The van der Waals surface area contributed by atoms with Crippen molar-refractivity contribution in [3.8, 4) is 11.1 Å². The van der Waals surface area contributed by atoms with Crippen LogP contribution in [0.25, 0.3) is 11.1 Å². The third-order valence-electron chi connectivity index (χ3n) is 8.57. The normalized spacial score (nSPS) is 20.1. The largest absolute Gasteiger partial charge is 0.392 e. The Labute approximate surface area is 273 Å². The molecule has 3 atom stereocenters. The molecule has 12 heteroatoms. The molecule has 2 aliphatic heterocycles. The fourth-order valence-corrected chi connectivity index (χ4v) is 5.95. The summed E-state index contributed by atoms with van der Waals surface area (Å²) in [6.45, 7) is 3.39. The highest BCUT2D eigenvalue weighted by Crippen LogP contribution is 2.39. The van der Waals surface area contributed by atoms with Crippen LogP contribution in [-0.4, -0.2) is 54.9 Å². The first-order chi connectivity index (χ1) is 23.2. The van der Waals surface area contributed by atoms with Gasteiger partial charge in [0, 0.05) is 38.2 Å². The molecule has 0 aromatic heterocycles. The fraction of sp³-hybridized carbons (Fsp3) is 0.306. The summed E-state index contributed by atoms with van der Waals surface area (Å²) in [4.78, 5) is 14.9. The first-order valence-corrected chi connectivity index (χ1v) is 15.5. The Morgan fingerprint density at radius 2 is 1.42 bits per heavy atom. The predicted octanol–water partition coefficient (Wildman–Crippen LogP) is 6.35. The third-order valence-corrected chi connectivity index (χ3v) is 8.57. The monoisotopic (exact) mass is 668 g/mol. The number of nitrogens with zero attached hydrogens (tertiary/aromatic N) is 1. The van der Waals surface area contributed by atoms with Gasteiger partial charge in [0.1, 0.15) is 5.56 Å². The number of amides is 1.